The Bertz CT molecular complexity index is 351. The van der Waals surface area contributed by atoms with Crippen LogP contribution >= 0.6 is 12.2 Å². The van der Waals surface area contributed by atoms with Crippen LogP contribution in [-0.2, 0) is 11.2 Å². The van der Waals surface area contributed by atoms with E-state index in [1.165, 1.54) is 0 Å². The summed E-state index contributed by atoms with van der Waals surface area (Å²) in [5, 5.41) is 9.63. The van der Waals surface area contributed by atoms with Gasteiger partial charge in [0.05, 0.1) is 12.6 Å². The van der Waals surface area contributed by atoms with Crippen LogP contribution in [0.5, 0.6) is 5.75 Å². The molecule has 0 unspecified atom stereocenters. The Labute approximate surface area is 108 Å². The van der Waals surface area contributed by atoms with Gasteiger partial charge in [0.2, 0.25) is 0 Å². The van der Waals surface area contributed by atoms with Gasteiger partial charge in [0, 0.05) is 0 Å². The number of aromatic hydroxyl groups is 1. The smallest absolute Gasteiger partial charge is 0.176 e. The number of thiocarbonyl (C=S) groups is 1. The molecule has 4 heteroatoms. The molecule has 0 fully saturated rings. The zero-order valence-corrected chi connectivity index (χ0v) is 10.9. The van der Waals surface area contributed by atoms with Gasteiger partial charge in [0.15, 0.2) is 5.05 Å². The Hall–Kier alpha value is -1.13. The second kappa shape index (κ2) is 7.25. The van der Waals surface area contributed by atoms with Crippen LogP contribution in [0.1, 0.15) is 25.3 Å². The van der Waals surface area contributed by atoms with Crippen molar-refractivity contribution in [3.63, 3.8) is 0 Å². The molecule has 1 aromatic rings. The molecule has 0 aliphatic carbocycles. The molecule has 0 aliphatic heterocycles. The molecule has 1 aromatic carbocycles. The van der Waals surface area contributed by atoms with Gasteiger partial charge in [-0.05, 0) is 42.8 Å². The summed E-state index contributed by atoms with van der Waals surface area (Å²) < 4.78 is 5.40. The molecule has 0 aromatic heterocycles. The van der Waals surface area contributed by atoms with Crippen molar-refractivity contribution in [2.24, 2.45) is 5.73 Å². The maximum Gasteiger partial charge on any atom is 0.176 e. The zero-order chi connectivity index (χ0) is 12.7. The quantitative estimate of drug-likeness (QED) is 0.604. The third-order valence-electron chi connectivity index (χ3n) is 2.44. The highest BCUT2D eigenvalue weighted by molar-refractivity contribution is 7.80. The molecule has 0 radical (unpaired) electrons. The van der Waals surface area contributed by atoms with Crippen LogP contribution in [-0.4, -0.2) is 22.8 Å². The first kappa shape index (κ1) is 13.9. The lowest BCUT2D eigenvalue weighted by Crippen LogP contribution is -2.33. The Morgan fingerprint density at radius 2 is 2.06 bits per heavy atom. The fraction of sp³-hybridized carbons (Fsp3) is 0.462. The highest BCUT2D eigenvalue weighted by Gasteiger charge is 2.11. The summed E-state index contributed by atoms with van der Waals surface area (Å²) >= 11 is 5.12. The van der Waals surface area contributed by atoms with Gasteiger partial charge in [-0.15, -0.1) is 0 Å². The van der Waals surface area contributed by atoms with E-state index in [0.717, 1.165) is 18.4 Å². The second-order valence-electron chi connectivity index (χ2n) is 4.00. The third-order valence-corrected chi connectivity index (χ3v) is 2.86. The van der Waals surface area contributed by atoms with Gasteiger partial charge in [-0.1, -0.05) is 25.5 Å². The molecule has 0 saturated carbocycles. The van der Waals surface area contributed by atoms with Crippen molar-refractivity contribution in [3.8, 4) is 5.75 Å². The lowest BCUT2D eigenvalue weighted by molar-refractivity contribution is 0.291. The van der Waals surface area contributed by atoms with E-state index in [4.69, 9.17) is 27.8 Å². The molecule has 0 saturated heterocycles. The average Bonchev–Trinajstić information content (AvgIpc) is 2.32. The van der Waals surface area contributed by atoms with E-state index in [0.29, 0.717) is 18.1 Å². The van der Waals surface area contributed by atoms with Gasteiger partial charge in [-0.25, -0.2) is 0 Å². The standard InChI is InChI=1S/C13H19NO2S/c1-2-3-8-16-13(17)12(14)9-10-4-6-11(15)7-5-10/h4-7,12,15H,2-3,8-9,14H2,1H3/t12-/m0/s1. The SMILES string of the molecule is CCCCOC(=S)[C@@H](N)Cc1ccc(O)cc1. The van der Waals surface area contributed by atoms with E-state index < -0.39 is 0 Å². The van der Waals surface area contributed by atoms with E-state index in [9.17, 15) is 0 Å². The number of hydrogen-bond acceptors (Lipinski definition) is 4. The molecule has 3 nitrogen and oxygen atoms in total. The fourth-order valence-corrected chi connectivity index (χ4v) is 1.56. The number of ether oxygens (including phenoxy) is 1. The van der Waals surface area contributed by atoms with Crippen molar-refractivity contribution in [1.82, 2.24) is 0 Å². The molecule has 0 aliphatic rings. The molecule has 0 spiro atoms. The number of phenols is 1. The van der Waals surface area contributed by atoms with Gasteiger partial charge in [-0.2, -0.15) is 0 Å². The number of benzene rings is 1. The number of rotatable bonds is 6. The molecule has 0 bridgehead atoms. The minimum absolute atomic E-state index is 0.254. The third kappa shape index (κ3) is 5.15. The summed E-state index contributed by atoms with van der Waals surface area (Å²) in [5.41, 5.74) is 6.98. The van der Waals surface area contributed by atoms with E-state index in [2.05, 4.69) is 6.92 Å². The summed E-state index contributed by atoms with van der Waals surface area (Å²) in [6, 6.07) is 6.69. The van der Waals surface area contributed by atoms with E-state index >= 15 is 0 Å². The predicted octanol–water partition coefficient (Wildman–Crippen LogP) is 2.41. The van der Waals surface area contributed by atoms with Crippen LogP contribution in [0.25, 0.3) is 0 Å². The molecular weight excluding hydrogens is 234 g/mol. The van der Waals surface area contributed by atoms with Crippen LogP contribution in [0, 0.1) is 0 Å². The van der Waals surface area contributed by atoms with Gasteiger partial charge in [0.1, 0.15) is 5.75 Å². The summed E-state index contributed by atoms with van der Waals surface area (Å²) in [4.78, 5) is 0. The number of unbranched alkanes of at least 4 members (excludes halogenated alkanes) is 1. The number of hydrogen-bond donors (Lipinski definition) is 2. The van der Waals surface area contributed by atoms with Crippen LogP contribution in [0.3, 0.4) is 0 Å². The molecule has 17 heavy (non-hydrogen) atoms. The minimum Gasteiger partial charge on any atom is -0.508 e. The van der Waals surface area contributed by atoms with Crippen molar-refractivity contribution in [3.05, 3.63) is 29.8 Å². The molecule has 1 atom stereocenters. The Morgan fingerprint density at radius 3 is 2.65 bits per heavy atom. The summed E-state index contributed by atoms with van der Waals surface area (Å²) in [5.74, 6) is 0.254. The Kier molecular flexibility index (Phi) is 5.94. The molecule has 1 rings (SSSR count). The van der Waals surface area contributed by atoms with Crippen molar-refractivity contribution in [1.29, 1.82) is 0 Å². The molecule has 94 valence electrons. The average molecular weight is 253 g/mol. The minimum atomic E-state index is -0.272. The van der Waals surface area contributed by atoms with Crippen molar-refractivity contribution >= 4 is 17.3 Å². The lowest BCUT2D eigenvalue weighted by atomic mass is 10.1. The van der Waals surface area contributed by atoms with Gasteiger partial charge in [-0.3, -0.25) is 0 Å². The highest BCUT2D eigenvalue weighted by atomic mass is 32.1. The first-order chi connectivity index (χ1) is 8.13. The topological polar surface area (TPSA) is 55.5 Å². The van der Waals surface area contributed by atoms with Crippen molar-refractivity contribution in [2.45, 2.75) is 32.2 Å². The van der Waals surface area contributed by atoms with Crippen LogP contribution in [0.15, 0.2) is 24.3 Å². The Balaban J connectivity index is 2.40. The Morgan fingerprint density at radius 1 is 1.41 bits per heavy atom. The maximum atomic E-state index is 9.16. The monoisotopic (exact) mass is 253 g/mol. The number of phenolic OH excluding ortho intramolecular Hbond substituents is 1. The molecular formula is C13H19NO2S. The lowest BCUT2D eigenvalue weighted by Gasteiger charge is -2.14. The summed E-state index contributed by atoms with van der Waals surface area (Å²) in [6.07, 6.45) is 2.70. The van der Waals surface area contributed by atoms with Gasteiger partial charge in [0.25, 0.3) is 0 Å². The van der Waals surface area contributed by atoms with E-state index in [1.807, 2.05) is 12.1 Å². The highest BCUT2D eigenvalue weighted by Crippen LogP contribution is 2.11. The molecule has 0 amide bonds. The van der Waals surface area contributed by atoms with Crippen LogP contribution < -0.4 is 5.73 Å². The van der Waals surface area contributed by atoms with Gasteiger partial charge < -0.3 is 15.6 Å². The molecule has 3 N–H and O–H groups in total. The summed E-state index contributed by atoms with van der Waals surface area (Å²) in [7, 11) is 0. The van der Waals surface area contributed by atoms with Crippen LogP contribution in [0.4, 0.5) is 0 Å². The second-order valence-corrected chi connectivity index (χ2v) is 4.40. The first-order valence-corrected chi connectivity index (χ1v) is 6.24. The number of nitrogens with two attached hydrogens (primary N) is 1. The fourth-order valence-electron chi connectivity index (χ4n) is 1.39. The van der Waals surface area contributed by atoms with Crippen molar-refractivity contribution in [2.75, 3.05) is 6.61 Å². The summed E-state index contributed by atoms with van der Waals surface area (Å²) in [6.45, 7) is 2.74. The van der Waals surface area contributed by atoms with Gasteiger partial charge >= 0.3 is 0 Å². The maximum absolute atomic E-state index is 9.16. The predicted molar refractivity (Wildman–Crippen MR) is 73.2 cm³/mol. The van der Waals surface area contributed by atoms with E-state index in [1.54, 1.807) is 12.1 Å². The first-order valence-electron chi connectivity index (χ1n) is 5.83. The normalized spacial score (nSPS) is 12.1. The molecule has 0 heterocycles. The zero-order valence-electron chi connectivity index (χ0n) is 10.1. The van der Waals surface area contributed by atoms with E-state index in [-0.39, 0.29) is 11.8 Å². The van der Waals surface area contributed by atoms with Crippen LogP contribution in [0.2, 0.25) is 0 Å². The van der Waals surface area contributed by atoms with Crippen molar-refractivity contribution < 1.29 is 9.84 Å². The largest absolute Gasteiger partial charge is 0.508 e.